The third-order valence-corrected chi connectivity index (χ3v) is 5.47. The average molecular weight is 353 g/mol. The molecular weight excluding hydrogens is 329 g/mol. The van der Waals surface area contributed by atoms with Gasteiger partial charge in [0, 0.05) is 11.6 Å². The van der Waals surface area contributed by atoms with Crippen LogP contribution >= 0.6 is 0 Å². The fraction of sp³-hybridized carbons (Fsp3) is 0.409. The van der Waals surface area contributed by atoms with Crippen molar-refractivity contribution in [3.63, 3.8) is 0 Å². The molecule has 3 nitrogen and oxygen atoms in total. The minimum Gasteiger partial charge on any atom is -0.387 e. The molecule has 1 fully saturated rings. The molecule has 0 bridgehead atoms. The number of amides is 1. The first-order chi connectivity index (χ1) is 12.6. The Morgan fingerprint density at radius 2 is 1.77 bits per heavy atom. The number of halogens is 1. The molecule has 0 spiro atoms. The van der Waals surface area contributed by atoms with Crippen molar-refractivity contribution in [1.82, 2.24) is 4.90 Å². The molecule has 1 saturated carbocycles. The molecule has 0 radical (unpaired) electrons. The Morgan fingerprint density at radius 1 is 1.08 bits per heavy atom. The van der Waals surface area contributed by atoms with E-state index in [9.17, 15) is 14.3 Å². The lowest BCUT2D eigenvalue weighted by Gasteiger charge is -2.26. The molecular formula is C22H24FNO2. The highest BCUT2D eigenvalue weighted by Gasteiger charge is 2.34. The number of aliphatic hydroxyl groups is 1. The molecule has 2 aromatic rings. The second-order valence-corrected chi connectivity index (χ2v) is 7.45. The van der Waals surface area contributed by atoms with Gasteiger partial charge in [0.25, 0.3) is 5.91 Å². The zero-order valence-electron chi connectivity index (χ0n) is 14.8. The van der Waals surface area contributed by atoms with Gasteiger partial charge in [-0.2, -0.15) is 0 Å². The zero-order chi connectivity index (χ0) is 18.1. The van der Waals surface area contributed by atoms with Crippen LogP contribution in [0, 0.1) is 5.82 Å². The summed E-state index contributed by atoms with van der Waals surface area (Å²) in [6.07, 6.45) is 5.69. The molecule has 0 saturated heterocycles. The Balaban J connectivity index is 1.52. The van der Waals surface area contributed by atoms with E-state index in [-0.39, 0.29) is 24.3 Å². The number of rotatable bonds is 5. The summed E-state index contributed by atoms with van der Waals surface area (Å²) in [6.45, 7) is 0.242. The first-order valence-electron chi connectivity index (χ1n) is 9.48. The van der Waals surface area contributed by atoms with Crippen molar-refractivity contribution in [2.45, 2.75) is 50.7 Å². The standard InChI is InChI=1S/C22H24FNO2/c23-19-9-7-16(8-10-19)21(25)14-24(20-11-12-20)22(26)18-6-5-15-3-1-2-4-17(15)13-18/h5-10,13,20-21,25H,1-4,11-12,14H2. The number of hydrogen-bond acceptors (Lipinski definition) is 2. The van der Waals surface area contributed by atoms with Crippen molar-refractivity contribution in [2.75, 3.05) is 6.54 Å². The van der Waals surface area contributed by atoms with Crippen LogP contribution in [0.15, 0.2) is 42.5 Å². The Bertz CT molecular complexity index is 798. The third-order valence-electron chi connectivity index (χ3n) is 5.47. The largest absolute Gasteiger partial charge is 0.387 e. The smallest absolute Gasteiger partial charge is 0.254 e. The SMILES string of the molecule is O=C(c1ccc2c(c1)CCCC2)N(CC(O)c1ccc(F)cc1)C1CC1. The van der Waals surface area contributed by atoms with Gasteiger partial charge in [0.1, 0.15) is 5.82 Å². The van der Waals surface area contributed by atoms with Crippen LogP contribution in [-0.4, -0.2) is 28.5 Å². The van der Waals surface area contributed by atoms with Gasteiger partial charge < -0.3 is 10.0 Å². The normalized spacial score (nSPS) is 17.5. The van der Waals surface area contributed by atoms with Gasteiger partial charge in [-0.3, -0.25) is 4.79 Å². The summed E-state index contributed by atoms with van der Waals surface area (Å²) in [5, 5.41) is 10.5. The highest BCUT2D eigenvalue weighted by molar-refractivity contribution is 5.95. The molecule has 2 aliphatic rings. The van der Waals surface area contributed by atoms with Crippen molar-refractivity contribution >= 4 is 5.91 Å². The Morgan fingerprint density at radius 3 is 2.46 bits per heavy atom. The highest BCUT2D eigenvalue weighted by atomic mass is 19.1. The summed E-state index contributed by atoms with van der Waals surface area (Å²) in [7, 11) is 0. The van der Waals surface area contributed by atoms with Crippen LogP contribution in [-0.2, 0) is 12.8 Å². The predicted molar refractivity (Wildman–Crippen MR) is 98.5 cm³/mol. The molecule has 0 aromatic heterocycles. The van der Waals surface area contributed by atoms with Crippen LogP contribution in [0.4, 0.5) is 4.39 Å². The molecule has 1 atom stereocenters. The van der Waals surface area contributed by atoms with E-state index in [0.717, 1.165) is 25.7 Å². The lowest BCUT2D eigenvalue weighted by Crippen LogP contribution is -2.36. The molecule has 4 rings (SSSR count). The second-order valence-electron chi connectivity index (χ2n) is 7.45. The molecule has 1 amide bonds. The maximum atomic E-state index is 13.1. The summed E-state index contributed by atoms with van der Waals surface area (Å²) >= 11 is 0. The summed E-state index contributed by atoms with van der Waals surface area (Å²) in [4.78, 5) is 14.9. The third kappa shape index (κ3) is 3.65. The lowest BCUT2D eigenvalue weighted by atomic mass is 9.90. The van der Waals surface area contributed by atoms with Gasteiger partial charge in [0.2, 0.25) is 0 Å². The lowest BCUT2D eigenvalue weighted by molar-refractivity contribution is 0.0603. The number of carbonyl (C=O) groups excluding carboxylic acids is 1. The van der Waals surface area contributed by atoms with E-state index in [4.69, 9.17) is 0 Å². The first-order valence-corrected chi connectivity index (χ1v) is 9.48. The van der Waals surface area contributed by atoms with Gasteiger partial charge >= 0.3 is 0 Å². The Labute approximate surface area is 153 Å². The molecule has 2 aromatic carbocycles. The van der Waals surface area contributed by atoms with Gasteiger partial charge in [-0.25, -0.2) is 4.39 Å². The highest BCUT2D eigenvalue weighted by Crippen LogP contribution is 2.31. The van der Waals surface area contributed by atoms with Gasteiger partial charge in [-0.1, -0.05) is 18.2 Å². The van der Waals surface area contributed by atoms with Gasteiger partial charge in [0.05, 0.1) is 12.6 Å². The summed E-state index contributed by atoms with van der Waals surface area (Å²) in [5.74, 6) is -0.341. The first kappa shape index (κ1) is 17.2. The van der Waals surface area contributed by atoms with Crippen LogP contribution in [0.25, 0.3) is 0 Å². The number of hydrogen-bond donors (Lipinski definition) is 1. The zero-order valence-corrected chi connectivity index (χ0v) is 14.8. The number of carbonyl (C=O) groups is 1. The Hall–Kier alpha value is -2.20. The van der Waals surface area contributed by atoms with Crippen LogP contribution in [0.5, 0.6) is 0 Å². The van der Waals surface area contributed by atoms with E-state index in [2.05, 4.69) is 6.07 Å². The van der Waals surface area contributed by atoms with Crippen molar-refractivity contribution in [1.29, 1.82) is 0 Å². The van der Waals surface area contributed by atoms with Crippen LogP contribution in [0.2, 0.25) is 0 Å². The van der Waals surface area contributed by atoms with E-state index < -0.39 is 6.10 Å². The van der Waals surface area contributed by atoms with Crippen LogP contribution < -0.4 is 0 Å². The second kappa shape index (κ2) is 7.20. The average Bonchev–Trinajstić information content (AvgIpc) is 3.50. The van der Waals surface area contributed by atoms with Crippen LogP contribution in [0.1, 0.15) is 58.8 Å². The quantitative estimate of drug-likeness (QED) is 0.881. The van der Waals surface area contributed by atoms with Gasteiger partial charge in [0.15, 0.2) is 0 Å². The number of nitrogens with zero attached hydrogens (tertiary/aromatic N) is 1. The van der Waals surface area contributed by atoms with Gasteiger partial charge in [-0.15, -0.1) is 0 Å². The summed E-state index contributed by atoms with van der Waals surface area (Å²) in [5.41, 5.74) is 3.99. The number of benzene rings is 2. The maximum absolute atomic E-state index is 13.1. The molecule has 26 heavy (non-hydrogen) atoms. The fourth-order valence-electron chi connectivity index (χ4n) is 3.79. The van der Waals surface area contributed by atoms with Crippen molar-refractivity contribution in [3.05, 3.63) is 70.5 Å². The van der Waals surface area contributed by atoms with Crippen molar-refractivity contribution < 1.29 is 14.3 Å². The molecule has 1 unspecified atom stereocenters. The van der Waals surface area contributed by atoms with Gasteiger partial charge in [-0.05, 0) is 79.5 Å². The van der Waals surface area contributed by atoms with E-state index in [1.807, 2.05) is 12.1 Å². The molecule has 1 N–H and O–H groups in total. The Kier molecular flexibility index (Phi) is 4.77. The minimum absolute atomic E-state index is 0.0120. The number of aryl methyl sites for hydroxylation is 2. The molecule has 2 aliphatic carbocycles. The van der Waals surface area contributed by atoms with Crippen molar-refractivity contribution in [2.24, 2.45) is 0 Å². The molecule has 0 heterocycles. The maximum Gasteiger partial charge on any atom is 0.254 e. The van der Waals surface area contributed by atoms with E-state index in [1.54, 1.807) is 17.0 Å². The molecule has 136 valence electrons. The molecule has 0 aliphatic heterocycles. The monoisotopic (exact) mass is 353 g/mol. The van der Waals surface area contributed by atoms with E-state index in [0.29, 0.717) is 11.1 Å². The van der Waals surface area contributed by atoms with E-state index in [1.165, 1.54) is 36.1 Å². The minimum atomic E-state index is -0.808. The number of aliphatic hydroxyl groups excluding tert-OH is 1. The topological polar surface area (TPSA) is 40.5 Å². The van der Waals surface area contributed by atoms with E-state index >= 15 is 0 Å². The summed E-state index contributed by atoms with van der Waals surface area (Å²) in [6, 6.07) is 12.1. The van der Waals surface area contributed by atoms with Crippen LogP contribution in [0.3, 0.4) is 0 Å². The number of fused-ring (bicyclic) bond motifs is 1. The predicted octanol–water partition coefficient (Wildman–Crippen LogP) is 4.04. The molecule has 4 heteroatoms. The van der Waals surface area contributed by atoms with Crippen molar-refractivity contribution in [3.8, 4) is 0 Å². The summed E-state index contributed by atoms with van der Waals surface area (Å²) < 4.78 is 13.1. The fourth-order valence-corrected chi connectivity index (χ4v) is 3.79.